The maximum atomic E-state index is 5.39. The summed E-state index contributed by atoms with van der Waals surface area (Å²) in [6.07, 6.45) is 7.49. The molecule has 0 aliphatic heterocycles. The van der Waals surface area contributed by atoms with Crippen molar-refractivity contribution in [3.8, 4) is 0 Å². The van der Waals surface area contributed by atoms with Gasteiger partial charge in [0.2, 0.25) is 0 Å². The molecule has 0 amide bonds. The summed E-state index contributed by atoms with van der Waals surface area (Å²) < 4.78 is 10.7. The first-order chi connectivity index (χ1) is 7.31. The van der Waals surface area contributed by atoms with Gasteiger partial charge in [-0.25, -0.2) is 0 Å². The van der Waals surface area contributed by atoms with Crippen LogP contribution in [0.15, 0.2) is 37.0 Å². The minimum absolute atomic E-state index is 0.665. The van der Waals surface area contributed by atoms with Gasteiger partial charge in [-0.2, -0.15) is 0 Å². The van der Waals surface area contributed by atoms with Gasteiger partial charge in [-0.05, 0) is 12.8 Å². The van der Waals surface area contributed by atoms with E-state index in [0.717, 1.165) is 25.0 Å². The summed E-state index contributed by atoms with van der Waals surface area (Å²) in [7, 11) is 0. The van der Waals surface area contributed by atoms with Crippen LogP contribution in [-0.2, 0) is 9.47 Å². The van der Waals surface area contributed by atoms with Crippen molar-refractivity contribution in [1.29, 1.82) is 0 Å². The molecule has 0 N–H and O–H groups in total. The zero-order valence-corrected chi connectivity index (χ0v) is 9.71. The Bertz CT molecular complexity index is 195. The van der Waals surface area contributed by atoms with Crippen LogP contribution in [0.4, 0.5) is 0 Å². The summed E-state index contributed by atoms with van der Waals surface area (Å²) >= 11 is 0. The smallest absolute Gasteiger partial charge is 0.0700 e. The van der Waals surface area contributed by atoms with Gasteiger partial charge in [0.1, 0.15) is 0 Å². The molecule has 0 heterocycles. The monoisotopic (exact) mass is 210 g/mol. The molecule has 86 valence electrons. The zero-order valence-electron chi connectivity index (χ0n) is 9.71. The van der Waals surface area contributed by atoms with E-state index in [2.05, 4.69) is 20.1 Å². The van der Waals surface area contributed by atoms with Crippen LogP contribution in [0.2, 0.25) is 0 Å². The van der Waals surface area contributed by atoms with Gasteiger partial charge in [-0.15, -0.1) is 0 Å². The maximum Gasteiger partial charge on any atom is 0.0700 e. The van der Waals surface area contributed by atoms with E-state index >= 15 is 0 Å². The molecule has 0 aliphatic carbocycles. The van der Waals surface area contributed by atoms with Crippen molar-refractivity contribution in [2.75, 3.05) is 26.4 Å². The van der Waals surface area contributed by atoms with Crippen LogP contribution in [-0.4, -0.2) is 26.4 Å². The lowest BCUT2D eigenvalue weighted by Crippen LogP contribution is -2.05. The molecule has 0 aromatic carbocycles. The highest BCUT2D eigenvalue weighted by atomic mass is 16.5. The Kier molecular flexibility index (Phi) is 10.6. The predicted molar refractivity (Wildman–Crippen MR) is 65.0 cm³/mol. The average Bonchev–Trinajstić information content (AvgIpc) is 2.25. The fourth-order valence-electron chi connectivity index (χ4n) is 0.957. The lowest BCUT2D eigenvalue weighted by atomic mass is 10.2. The lowest BCUT2D eigenvalue weighted by Gasteiger charge is -2.04. The number of rotatable bonds is 10. The summed E-state index contributed by atoms with van der Waals surface area (Å²) in [6.45, 7) is 12.5. The van der Waals surface area contributed by atoms with Crippen molar-refractivity contribution in [2.24, 2.45) is 0 Å². The molecular formula is C13H22O2. The molecule has 2 heteroatoms. The van der Waals surface area contributed by atoms with Crippen LogP contribution < -0.4 is 0 Å². The summed E-state index contributed by atoms with van der Waals surface area (Å²) in [5.41, 5.74) is 1.06. The zero-order chi connectivity index (χ0) is 11.4. The Morgan fingerprint density at radius 1 is 1.13 bits per heavy atom. The van der Waals surface area contributed by atoms with E-state index in [1.165, 1.54) is 0 Å². The first kappa shape index (κ1) is 14.1. The van der Waals surface area contributed by atoms with Crippen molar-refractivity contribution in [2.45, 2.75) is 19.8 Å². The third kappa shape index (κ3) is 11.1. The number of allylic oxidation sites excluding steroid dienone is 3. The fourth-order valence-corrected chi connectivity index (χ4v) is 0.957. The van der Waals surface area contributed by atoms with E-state index in [4.69, 9.17) is 9.47 Å². The highest BCUT2D eigenvalue weighted by Gasteiger charge is 1.91. The van der Waals surface area contributed by atoms with Gasteiger partial charge in [-0.1, -0.05) is 43.9 Å². The standard InChI is InChI=1S/C13H22O2/c1-4-6-7-13(3)8-10-15-12-11-14-9-5-2/h4,6-7H,1,3,5,8-12H2,2H3/b7-6-. The molecule has 15 heavy (non-hydrogen) atoms. The first-order valence-corrected chi connectivity index (χ1v) is 5.43. The second-order valence-electron chi connectivity index (χ2n) is 3.23. The van der Waals surface area contributed by atoms with Gasteiger partial charge in [0.15, 0.2) is 0 Å². The third-order valence-electron chi connectivity index (χ3n) is 1.76. The Labute approximate surface area is 93.3 Å². The number of ether oxygens (including phenoxy) is 2. The molecular weight excluding hydrogens is 188 g/mol. The molecule has 0 spiro atoms. The molecule has 0 aliphatic rings. The minimum atomic E-state index is 0.665. The van der Waals surface area contributed by atoms with Gasteiger partial charge < -0.3 is 9.47 Å². The van der Waals surface area contributed by atoms with E-state index in [1.807, 2.05) is 12.2 Å². The molecule has 0 bridgehead atoms. The van der Waals surface area contributed by atoms with Crippen LogP contribution in [0.25, 0.3) is 0 Å². The summed E-state index contributed by atoms with van der Waals surface area (Å²) in [4.78, 5) is 0. The van der Waals surface area contributed by atoms with Gasteiger partial charge >= 0.3 is 0 Å². The van der Waals surface area contributed by atoms with Crippen molar-refractivity contribution >= 4 is 0 Å². The second kappa shape index (κ2) is 11.2. The third-order valence-corrected chi connectivity index (χ3v) is 1.76. The van der Waals surface area contributed by atoms with E-state index < -0.39 is 0 Å². The largest absolute Gasteiger partial charge is 0.379 e. The minimum Gasteiger partial charge on any atom is -0.379 e. The SMILES string of the molecule is C=C/C=C\C(=C)CCOCCOCCC. The molecule has 0 fully saturated rings. The van der Waals surface area contributed by atoms with E-state index in [9.17, 15) is 0 Å². The Morgan fingerprint density at radius 3 is 2.40 bits per heavy atom. The van der Waals surface area contributed by atoms with Crippen LogP contribution in [0.1, 0.15) is 19.8 Å². The van der Waals surface area contributed by atoms with Crippen LogP contribution in [0, 0.1) is 0 Å². The summed E-state index contributed by atoms with van der Waals surface area (Å²) in [5.74, 6) is 0. The molecule has 0 radical (unpaired) electrons. The molecule has 0 unspecified atom stereocenters. The quantitative estimate of drug-likeness (QED) is 0.407. The molecule has 2 nitrogen and oxygen atoms in total. The highest BCUT2D eigenvalue weighted by Crippen LogP contribution is 2.00. The van der Waals surface area contributed by atoms with Gasteiger partial charge in [0.25, 0.3) is 0 Å². The predicted octanol–water partition coefficient (Wildman–Crippen LogP) is 3.12. The normalized spacial score (nSPS) is 10.7. The first-order valence-electron chi connectivity index (χ1n) is 5.43. The van der Waals surface area contributed by atoms with Crippen molar-refractivity contribution in [3.05, 3.63) is 37.0 Å². The van der Waals surface area contributed by atoms with Crippen molar-refractivity contribution < 1.29 is 9.47 Å². The number of hydrogen-bond acceptors (Lipinski definition) is 2. The topological polar surface area (TPSA) is 18.5 Å². The molecule has 0 rings (SSSR count). The molecule has 0 saturated heterocycles. The summed E-state index contributed by atoms with van der Waals surface area (Å²) in [5, 5.41) is 0. The Morgan fingerprint density at radius 2 is 1.80 bits per heavy atom. The number of hydrogen-bond donors (Lipinski definition) is 0. The van der Waals surface area contributed by atoms with E-state index in [-0.39, 0.29) is 0 Å². The van der Waals surface area contributed by atoms with Gasteiger partial charge in [0, 0.05) is 6.61 Å². The summed E-state index contributed by atoms with van der Waals surface area (Å²) in [6, 6.07) is 0. The second-order valence-corrected chi connectivity index (χ2v) is 3.23. The van der Waals surface area contributed by atoms with E-state index in [1.54, 1.807) is 6.08 Å². The van der Waals surface area contributed by atoms with Crippen LogP contribution >= 0.6 is 0 Å². The Balaban J connectivity index is 3.20. The average molecular weight is 210 g/mol. The molecule has 0 saturated carbocycles. The van der Waals surface area contributed by atoms with Crippen molar-refractivity contribution in [1.82, 2.24) is 0 Å². The molecule has 0 aromatic rings. The lowest BCUT2D eigenvalue weighted by molar-refractivity contribution is 0.0494. The van der Waals surface area contributed by atoms with Crippen LogP contribution in [0.5, 0.6) is 0 Å². The molecule has 0 atom stereocenters. The fraction of sp³-hybridized carbons (Fsp3) is 0.538. The maximum absolute atomic E-state index is 5.39. The Hall–Kier alpha value is -0.860. The van der Waals surface area contributed by atoms with Crippen molar-refractivity contribution in [3.63, 3.8) is 0 Å². The van der Waals surface area contributed by atoms with Gasteiger partial charge in [-0.3, -0.25) is 0 Å². The van der Waals surface area contributed by atoms with Crippen LogP contribution in [0.3, 0.4) is 0 Å². The van der Waals surface area contributed by atoms with E-state index in [0.29, 0.717) is 19.8 Å². The molecule has 0 aromatic heterocycles. The van der Waals surface area contributed by atoms with Gasteiger partial charge in [0.05, 0.1) is 19.8 Å². The highest BCUT2D eigenvalue weighted by molar-refractivity contribution is 5.17.